The molecule has 9 heteroatoms. The van der Waals surface area contributed by atoms with Crippen LogP contribution in [0.2, 0.25) is 0 Å². The number of methoxy groups -OCH3 is 1. The minimum atomic E-state index is 0.0889. The molecule has 5 aromatic rings. The lowest BCUT2D eigenvalue weighted by atomic mass is 10.1. The molecule has 3 aromatic carbocycles. The Kier molecular flexibility index (Phi) is 8.40. The Morgan fingerprint density at radius 1 is 0.923 bits per heavy atom. The first-order chi connectivity index (χ1) is 19.2. The number of hydrogen-bond acceptors (Lipinski definition) is 9. The van der Waals surface area contributed by atoms with Crippen molar-refractivity contribution < 1.29 is 14.3 Å². The van der Waals surface area contributed by atoms with E-state index in [1.165, 1.54) is 6.39 Å². The van der Waals surface area contributed by atoms with E-state index < -0.39 is 0 Å². The summed E-state index contributed by atoms with van der Waals surface area (Å²) in [6, 6.07) is 25.6. The fraction of sp³-hybridized carbons (Fsp3) is 0.200. The van der Waals surface area contributed by atoms with Crippen LogP contribution in [0.3, 0.4) is 0 Å². The topological polar surface area (TPSA) is 109 Å². The van der Waals surface area contributed by atoms with Crippen molar-refractivity contribution >= 4 is 17.3 Å². The van der Waals surface area contributed by atoms with Crippen molar-refractivity contribution in [1.29, 1.82) is 0 Å². The molecule has 2 aromatic heterocycles. The third-order valence-corrected chi connectivity index (χ3v) is 6.19. The summed E-state index contributed by atoms with van der Waals surface area (Å²) in [5, 5.41) is 12.9. The number of aryl methyl sites for hydroxylation is 1. The fourth-order valence-corrected chi connectivity index (χ4v) is 4.31. The Hall–Kier alpha value is -4.76. The van der Waals surface area contributed by atoms with Crippen molar-refractivity contribution in [3.63, 3.8) is 0 Å². The summed E-state index contributed by atoms with van der Waals surface area (Å²) in [5.41, 5.74) is 3.56. The molecule has 0 aliphatic heterocycles. The minimum absolute atomic E-state index is 0.0889. The SMILES string of the molecule is COc1cc(Nc2nc(CCCN(CCO)c3ccccc3)nc(-c3ccccc3)n2)ccc1-c1cnco1. The molecule has 0 saturated heterocycles. The van der Waals surface area contributed by atoms with Crippen molar-refractivity contribution in [2.45, 2.75) is 12.8 Å². The Bertz CT molecular complexity index is 1460. The lowest BCUT2D eigenvalue weighted by Crippen LogP contribution is -2.28. The predicted octanol–water partition coefficient (Wildman–Crippen LogP) is 5.38. The number of aliphatic hydroxyl groups is 1. The monoisotopic (exact) mass is 522 g/mol. The van der Waals surface area contributed by atoms with E-state index in [4.69, 9.17) is 24.1 Å². The van der Waals surface area contributed by atoms with Gasteiger partial charge < -0.3 is 24.5 Å². The van der Waals surface area contributed by atoms with Crippen molar-refractivity contribution in [1.82, 2.24) is 19.9 Å². The van der Waals surface area contributed by atoms with Gasteiger partial charge in [-0.15, -0.1) is 0 Å². The zero-order valence-corrected chi connectivity index (χ0v) is 21.7. The molecule has 0 aliphatic carbocycles. The van der Waals surface area contributed by atoms with Gasteiger partial charge in [0.2, 0.25) is 5.95 Å². The van der Waals surface area contributed by atoms with E-state index >= 15 is 0 Å². The molecule has 0 unspecified atom stereocenters. The maximum absolute atomic E-state index is 9.56. The zero-order valence-electron chi connectivity index (χ0n) is 21.7. The maximum atomic E-state index is 9.56. The number of para-hydroxylation sites is 1. The van der Waals surface area contributed by atoms with Crippen molar-refractivity contribution in [2.24, 2.45) is 0 Å². The Labute approximate surface area is 227 Å². The first-order valence-electron chi connectivity index (χ1n) is 12.8. The summed E-state index contributed by atoms with van der Waals surface area (Å²) >= 11 is 0. The average Bonchev–Trinajstić information content (AvgIpc) is 3.52. The van der Waals surface area contributed by atoms with E-state index in [2.05, 4.69) is 27.3 Å². The Morgan fingerprint density at radius 2 is 1.72 bits per heavy atom. The largest absolute Gasteiger partial charge is 0.496 e. The molecule has 198 valence electrons. The van der Waals surface area contributed by atoms with Crippen LogP contribution in [-0.2, 0) is 6.42 Å². The van der Waals surface area contributed by atoms with Gasteiger partial charge >= 0.3 is 0 Å². The molecule has 0 amide bonds. The Morgan fingerprint density at radius 3 is 2.44 bits per heavy atom. The molecule has 5 rings (SSSR count). The van der Waals surface area contributed by atoms with Crippen LogP contribution < -0.4 is 15.0 Å². The standard InChI is InChI=1S/C30H30N6O3/c1-38-26-19-23(14-15-25(26)27-20-31-21-39-27)32-30-34-28(33-29(35-30)22-9-4-2-5-10-22)13-8-16-36(17-18-37)24-11-6-3-7-12-24/h2-7,9-12,14-15,19-21,37H,8,13,16-18H2,1H3,(H,32,33,34,35). The highest BCUT2D eigenvalue weighted by Gasteiger charge is 2.13. The summed E-state index contributed by atoms with van der Waals surface area (Å²) in [6.07, 6.45) is 4.50. The van der Waals surface area contributed by atoms with Crippen LogP contribution in [0.4, 0.5) is 17.3 Å². The number of nitrogens with zero attached hydrogens (tertiary/aromatic N) is 5. The number of aromatic nitrogens is 4. The second-order valence-electron chi connectivity index (χ2n) is 8.82. The first kappa shape index (κ1) is 25.9. The second kappa shape index (κ2) is 12.7. The van der Waals surface area contributed by atoms with E-state index in [1.807, 2.05) is 66.7 Å². The number of anilines is 3. The molecule has 2 N–H and O–H groups in total. The number of oxazole rings is 1. The maximum Gasteiger partial charge on any atom is 0.231 e. The summed E-state index contributed by atoms with van der Waals surface area (Å²) in [6.45, 7) is 1.42. The molecular formula is C30H30N6O3. The van der Waals surface area contributed by atoms with E-state index in [-0.39, 0.29) is 6.61 Å². The molecule has 0 radical (unpaired) electrons. The number of rotatable bonds is 12. The van der Waals surface area contributed by atoms with Gasteiger partial charge in [-0.3, -0.25) is 0 Å². The Balaban J connectivity index is 1.37. The molecule has 9 nitrogen and oxygen atoms in total. The smallest absolute Gasteiger partial charge is 0.231 e. The van der Waals surface area contributed by atoms with Crippen LogP contribution >= 0.6 is 0 Å². The van der Waals surface area contributed by atoms with Crippen molar-refractivity contribution in [2.75, 3.05) is 37.0 Å². The molecule has 0 fully saturated rings. The quantitative estimate of drug-likeness (QED) is 0.223. The van der Waals surface area contributed by atoms with Gasteiger partial charge in [0.1, 0.15) is 11.6 Å². The second-order valence-corrected chi connectivity index (χ2v) is 8.82. The van der Waals surface area contributed by atoms with Gasteiger partial charge in [-0.1, -0.05) is 48.5 Å². The number of benzene rings is 3. The summed E-state index contributed by atoms with van der Waals surface area (Å²) < 4.78 is 11.0. The number of hydrogen-bond donors (Lipinski definition) is 2. The van der Waals surface area contributed by atoms with Gasteiger partial charge in [0.25, 0.3) is 0 Å². The molecule has 0 aliphatic rings. The van der Waals surface area contributed by atoms with Crippen LogP contribution in [0.25, 0.3) is 22.7 Å². The molecule has 2 heterocycles. The van der Waals surface area contributed by atoms with E-state index in [0.29, 0.717) is 42.1 Å². The van der Waals surface area contributed by atoms with E-state index in [0.717, 1.165) is 35.5 Å². The van der Waals surface area contributed by atoms with Gasteiger partial charge in [-0.05, 0) is 30.7 Å². The molecule has 0 spiro atoms. The zero-order chi connectivity index (χ0) is 26.9. The summed E-state index contributed by atoms with van der Waals surface area (Å²) in [7, 11) is 1.61. The number of nitrogens with one attached hydrogen (secondary N) is 1. The molecule has 0 bridgehead atoms. The molecule has 0 atom stereocenters. The highest BCUT2D eigenvalue weighted by Crippen LogP contribution is 2.33. The highest BCUT2D eigenvalue weighted by molar-refractivity contribution is 5.71. The summed E-state index contributed by atoms with van der Waals surface area (Å²) in [5.74, 6) is 3.00. The predicted molar refractivity (Wildman–Crippen MR) is 151 cm³/mol. The number of aliphatic hydroxyl groups excluding tert-OH is 1. The van der Waals surface area contributed by atoms with Crippen molar-refractivity contribution in [3.8, 4) is 28.5 Å². The van der Waals surface area contributed by atoms with E-state index in [1.54, 1.807) is 13.3 Å². The number of ether oxygens (including phenoxy) is 1. The third kappa shape index (κ3) is 6.58. The minimum Gasteiger partial charge on any atom is -0.496 e. The van der Waals surface area contributed by atoms with Crippen LogP contribution in [0.5, 0.6) is 5.75 Å². The highest BCUT2D eigenvalue weighted by atomic mass is 16.5. The third-order valence-electron chi connectivity index (χ3n) is 6.19. The van der Waals surface area contributed by atoms with E-state index in [9.17, 15) is 5.11 Å². The molecule has 0 saturated carbocycles. The van der Waals surface area contributed by atoms with Gasteiger partial charge in [0, 0.05) is 42.5 Å². The van der Waals surface area contributed by atoms with Crippen LogP contribution in [0.15, 0.2) is 95.9 Å². The lowest BCUT2D eigenvalue weighted by molar-refractivity contribution is 0.301. The molecule has 39 heavy (non-hydrogen) atoms. The fourth-order valence-electron chi connectivity index (χ4n) is 4.31. The van der Waals surface area contributed by atoms with Crippen LogP contribution in [0.1, 0.15) is 12.2 Å². The normalized spacial score (nSPS) is 10.8. The van der Waals surface area contributed by atoms with Gasteiger partial charge in [-0.2, -0.15) is 9.97 Å². The van der Waals surface area contributed by atoms with Crippen LogP contribution in [-0.4, -0.2) is 51.8 Å². The van der Waals surface area contributed by atoms with Crippen LogP contribution in [0, 0.1) is 0 Å². The lowest BCUT2D eigenvalue weighted by Gasteiger charge is -2.23. The molecular weight excluding hydrogens is 492 g/mol. The average molecular weight is 523 g/mol. The van der Waals surface area contributed by atoms with Gasteiger partial charge in [0.15, 0.2) is 18.0 Å². The van der Waals surface area contributed by atoms with Gasteiger partial charge in [0.05, 0.1) is 25.5 Å². The first-order valence-corrected chi connectivity index (χ1v) is 12.8. The summed E-state index contributed by atoms with van der Waals surface area (Å²) in [4.78, 5) is 20.4. The van der Waals surface area contributed by atoms with Crippen molar-refractivity contribution in [3.05, 3.63) is 97.3 Å². The van der Waals surface area contributed by atoms with Gasteiger partial charge in [-0.25, -0.2) is 9.97 Å².